The van der Waals surface area contributed by atoms with Crippen molar-refractivity contribution in [1.82, 2.24) is 0 Å². The summed E-state index contributed by atoms with van der Waals surface area (Å²) < 4.78 is 0. The fourth-order valence-corrected chi connectivity index (χ4v) is 2.21. The van der Waals surface area contributed by atoms with Gasteiger partial charge in [0.25, 0.3) is 0 Å². The van der Waals surface area contributed by atoms with Gasteiger partial charge in [-0.05, 0) is 35.2 Å². The number of hydrogen-bond donors (Lipinski definition) is 2. The lowest BCUT2D eigenvalue weighted by molar-refractivity contribution is -0.114. The maximum absolute atomic E-state index is 11.9. The summed E-state index contributed by atoms with van der Waals surface area (Å²) in [5, 5.41) is 6.42. The number of amides is 1. The van der Waals surface area contributed by atoms with Crippen molar-refractivity contribution in [2.45, 2.75) is 26.2 Å². The molecule has 0 spiro atoms. The summed E-state index contributed by atoms with van der Waals surface area (Å²) in [5.41, 5.74) is 2.93. The molecule has 116 valence electrons. The van der Waals surface area contributed by atoms with Crippen LogP contribution < -0.4 is 10.6 Å². The first kappa shape index (κ1) is 16.4. The minimum Gasteiger partial charge on any atom is -0.376 e. The van der Waals surface area contributed by atoms with E-state index in [1.165, 1.54) is 5.56 Å². The maximum Gasteiger partial charge on any atom is 0.243 e. The van der Waals surface area contributed by atoms with E-state index < -0.39 is 0 Å². The molecule has 4 heteroatoms. The van der Waals surface area contributed by atoms with E-state index in [2.05, 4.69) is 43.5 Å². The van der Waals surface area contributed by atoms with Gasteiger partial charge in [0.2, 0.25) is 5.91 Å². The lowest BCUT2D eigenvalue weighted by atomic mass is 9.87. The van der Waals surface area contributed by atoms with Crippen LogP contribution in [-0.2, 0) is 10.2 Å². The number of nitrogens with one attached hydrogen (secondary N) is 2. The molecule has 0 saturated heterocycles. The van der Waals surface area contributed by atoms with Crippen LogP contribution in [0.2, 0.25) is 5.02 Å². The molecule has 2 aromatic rings. The zero-order chi connectivity index (χ0) is 16.2. The van der Waals surface area contributed by atoms with Crippen molar-refractivity contribution >= 4 is 28.9 Å². The molecule has 0 atom stereocenters. The first-order chi connectivity index (χ1) is 10.4. The van der Waals surface area contributed by atoms with Crippen LogP contribution in [0.5, 0.6) is 0 Å². The third kappa shape index (κ3) is 4.50. The normalized spacial score (nSPS) is 11.1. The van der Waals surface area contributed by atoms with E-state index in [0.29, 0.717) is 10.7 Å². The predicted molar refractivity (Wildman–Crippen MR) is 93.7 cm³/mol. The quantitative estimate of drug-likeness (QED) is 0.859. The van der Waals surface area contributed by atoms with Crippen molar-refractivity contribution in [2.75, 3.05) is 17.2 Å². The van der Waals surface area contributed by atoms with E-state index in [1.807, 2.05) is 24.3 Å². The third-order valence-electron chi connectivity index (χ3n) is 3.35. The van der Waals surface area contributed by atoms with Crippen LogP contribution in [-0.4, -0.2) is 12.5 Å². The first-order valence-electron chi connectivity index (χ1n) is 7.25. The number of rotatable bonds is 4. The molecule has 2 aromatic carbocycles. The molecule has 0 unspecified atom stereocenters. The first-order valence-corrected chi connectivity index (χ1v) is 7.63. The van der Waals surface area contributed by atoms with Crippen molar-refractivity contribution in [2.24, 2.45) is 0 Å². The van der Waals surface area contributed by atoms with Gasteiger partial charge in [-0.25, -0.2) is 0 Å². The Hall–Kier alpha value is -2.00. The summed E-state index contributed by atoms with van der Waals surface area (Å²) in [5.74, 6) is -0.131. The van der Waals surface area contributed by atoms with Crippen LogP contribution in [0.15, 0.2) is 48.5 Å². The van der Waals surface area contributed by atoms with Gasteiger partial charge in [0.05, 0.1) is 17.3 Å². The lowest BCUT2D eigenvalue weighted by Gasteiger charge is -2.19. The van der Waals surface area contributed by atoms with Crippen LogP contribution in [0.25, 0.3) is 0 Å². The summed E-state index contributed by atoms with van der Waals surface area (Å²) in [6.07, 6.45) is 0. The van der Waals surface area contributed by atoms with Gasteiger partial charge in [0.1, 0.15) is 0 Å². The number of para-hydroxylation sites is 1. The molecule has 0 aromatic heterocycles. The average Bonchev–Trinajstić information content (AvgIpc) is 2.47. The highest BCUT2D eigenvalue weighted by molar-refractivity contribution is 6.33. The average molecular weight is 317 g/mol. The van der Waals surface area contributed by atoms with Crippen LogP contribution in [0, 0.1) is 0 Å². The number of anilines is 2. The number of hydrogen-bond acceptors (Lipinski definition) is 2. The van der Waals surface area contributed by atoms with E-state index in [4.69, 9.17) is 11.6 Å². The Balaban J connectivity index is 1.90. The fourth-order valence-electron chi connectivity index (χ4n) is 2.03. The molecule has 3 nitrogen and oxygen atoms in total. The Labute approximate surface area is 136 Å². The van der Waals surface area contributed by atoms with Crippen LogP contribution in [0.1, 0.15) is 26.3 Å². The van der Waals surface area contributed by atoms with Crippen LogP contribution in [0.3, 0.4) is 0 Å². The van der Waals surface area contributed by atoms with Gasteiger partial charge in [0.15, 0.2) is 0 Å². The van der Waals surface area contributed by atoms with Gasteiger partial charge >= 0.3 is 0 Å². The van der Waals surface area contributed by atoms with Gasteiger partial charge < -0.3 is 10.6 Å². The number of carbonyl (C=O) groups excluding carboxylic acids is 1. The van der Waals surface area contributed by atoms with Gasteiger partial charge in [-0.2, -0.15) is 0 Å². The van der Waals surface area contributed by atoms with Crippen LogP contribution >= 0.6 is 11.6 Å². The zero-order valence-corrected chi connectivity index (χ0v) is 13.9. The molecule has 0 fully saturated rings. The van der Waals surface area contributed by atoms with Crippen molar-refractivity contribution in [3.05, 3.63) is 59.1 Å². The maximum atomic E-state index is 11.9. The second kappa shape index (κ2) is 6.84. The van der Waals surface area contributed by atoms with Gasteiger partial charge in [0, 0.05) is 5.69 Å². The molecule has 0 saturated carbocycles. The minimum absolute atomic E-state index is 0.125. The Morgan fingerprint density at radius 3 is 2.27 bits per heavy atom. The Morgan fingerprint density at radius 2 is 1.68 bits per heavy atom. The van der Waals surface area contributed by atoms with Crippen molar-refractivity contribution in [3.8, 4) is 0 Å². The third-order valence-corrected chi connectivity index (χ3v) is 3.68. The summed E-state index contributed by atoms with van der Waals surface area (Å²) in [4.78, 5) is 11.9. The molecule has 1 amide bonds. The summed E-state index contributed by atoms with van der Waals surface area (Å²) in [7, 11) is 0. The van der Waals surface area contributed by atoms with Crippen molar-refractivity contribution in [3.63, 3.8) is 0 Å². The lowest BCUT2D eigenvalue weighted by Crippen LogP contribution is -2.22. The molecule has 0 radical (unpaired) electrons. The van der Waals surface area contributed by atoms with Gasteiger partial charge in [-0.3, -0.25) is 4.79 Å². The minimum atomic E-state index is -0.131. The fraction of sp³-hybridized carbons (Fsp3) is 0.278. The molecule has 22 heavy (non-hydrogen) atoms. The number of benzene rings is 2. The standard InChI is InChI=1S/C18H21ClN2O/c1-18(2,3)13-8-10-14(11-9-13)20-12-17(22)21-16-7-5-4-6-15(16)19/h4-11,20H,12H2,1-3H3,(H,21,22). The van der Waals surface area contributed by atoms with E-state index >= 15 is 0 Å². The Bertz CT molecular complexity index is 645. The van der Waals surface area contributed by atoms with Gasteiger partial charge in [-0.1, -0.05) is 56.6 Å². The molecule has 0 aliphatic rings. The molecular formula is C18H21ClN2O. The van der Waals surface area contributed by atoms with Crippen LogP contribution in [0.4, 0.5) is 11.4 Å². The smallest absolute Gasteiger partial charge is 0.243 e. The Morgan fingerprint density at radius 1 is 1.05 bits per heavy atom. The molecule has 0 heterocycles. The molecule has 0 bridgehead atoms. The molecule has 2 N–H and O–H groups in total. The second-order valence-electron chi connectivity index (χ2n) is 6.21. The summed E-state index contributed by atoms with van der Waals surface area (Å²) in [6.45, 7) is 6.71. The monoisotopic (exact) mass is 316 g/mol. The van der Waals surface area contributed by atoms with Crippen molar-refractivity contribution < 1.29 is 4.79 Å². The van der Waals surface area contributed by atoms with Gasteiger partial charge in [-0.15, -0.1) is 0 Å². The highest BCUT2D eigenvalue weighted by Gasteiger charge is 2.13. The molecule has 0 aliphatic heterocycles. The molecular weight excluding hydrogens is 296 g/mol. The Kier molecular flexibility index (Phi) is 5.09. The van der Waals surface area contributed by atoms with E-state index in [-0.39, 0.29) is 17.9 Å². The van der Waals surface area contributed by atoms with E-state index in [9.17, 15) is 4.79 Å². The molecule has 2 rings (SSSR count). The van der Waals surface area contributed by atoms with E-state index in [0.717, 1.165) is 5.69 Å². The second-order valence-corrected chi connectivity index (χ2v) is 6.62. The topological polar surface area (TPSA) is 41.1 Å². The summed E-state index contributed by atoms with van der Waals surface area (Å²) in [6, 6.07) is 15.3. The highest BCUT2D eigenvalue weighted by atomic mass is 35.5. The highest BCUT2D eigenvalue weighted by Crippen LogP contribution is 2.23. The summed E-state index contributed by atoms with van der Waals surface area (Å²) >= 11 is 6.01. The number of halogens is 1. The zero-order valence-electron chi connectivity index (χ0n) is 13.1. The van der Waals surface area contributed by atoms with E-state index in [1.54, 1.807) is 12.1 Å². The predicted octanol–water partition coefficient (Wildman–Crippen LogP) is 4.69. The largest absolute Gasteiger partial charge is 0.376 e. The molecule has 0 aliphatic carbocycles. The van der Waals surface area contributed by atoms with Crippen molar-refractivity contribution in [1.29, 1.82) is 0 Å². The number of carbonyl (C=O) groups is 1. The SMILES string of the molecule is CC(C)(C)c1ccc(NCC(=O)Nc2ccccc2Cl)cc1.